The second kappa shape index (κ2) is 6.53. The van der Waals surface area contributed by atoms with E-state index in [2.05, 4.69) is 20.0 Å². The number of carbonyl (C=O) groups excluding carboxylic acids is 1. The van der Waals surface area contributed by atoms with Gasteiger partial charge in [0, 0.05) is 0 Å². The Morgan fingerprint density at radius 2 is 2.00 bits per heavy atom. The number of para-hydroxylation sites is 3. The maximum Gasteiger partial charge on any atom is 0.387 e. The maximum absolute atomic E-state index is 12.6. The molecule has 1 aromatic heterocycles. The van der Waals surface area contributed by atoms with Gasteiger partial charge in [-0.15, -0.1) is 0 Å². The summed E-state index contributed by atoms with van der Waals surface area (Å²) in [6.45, 7) is -3.08. The molecule has 3 rings (SSSR count). The Balaban J connectivity index is 1.91. The fourth-order valence-electron chi connectivity index (χ4n) is 2.25. The summed E-state index contributed by atoms with van der Waals surface area (Å²) in [5.41, 5.74) is 1.32. The van der Waals surface area contributed by atoms with Gasteiger partial charge in [-0.2, -0.15) is 8.78 Å². The Hall–Kier alpha value is -3.16. The quantitative estimate of drug-likeness (QED) is 0.750. The molecule has 0 bridgehead atoms. The first-order valence-electron chi connectivity index (χ1n) is 6.96. The Bertz CT molecular complexity index is 847. The molecule has 0 fully saturated rings. The third kappa shape index (κ3) is 3.12. The number of anilines is 1. The molecule has 0 aliphatic carbocycles. The van der Waals surface area contributed by atoms with Gasteiger partial charge in [-0.3, -0.25) is 10.1 Å². The predicted molar refractivity (Wildman–Crippen MR) is 83.7 cm³/mol. The number of aromatic amines is 1. The lowest BCUT2D eigenvalue weighted by Crippen LogP contribution is -2.16. The number of carbonyl (C=O) groups is 1. The van der Waals surface area contributed by atoms with Crippen molar-refractivity contribution < 1.29 is 23.0 Å². The van der Waals surface area contributed by atoms with Crippen LogP contribution >= 0.6 is 0 Å². The topological polar surface area (TPSA) is 76.2 Å². The number of benzene rings is 2. The van der Waals surface area contributed by atoms with E-state index in [1.807, 2.05) is 12.1 Å². The van der Waals surface area contributed by atoms with Crippen molar-refractivity contribution in [3.8, 4) is 11.5 Å². The molecule has 0 spiro atoms. The highest BCUT2D eigenvalue weighted by Crippen LogP contribution is 2.32. The lowest BCUT2D eigenvalue weighted by atomic mass is 10.1. The molecular weight excluding hydrogens is 320 g/mol. The molecule has 2 N–H and O–H groups in total. The number of methoxy groups -OCH3 is 1. The summed E-state index contributed by atoms with van der Waals surface area (Å²) in [7, 11) is 1.30. The smallest absolute Gasteiger partial charge is 0.387 e. The number of nitrogens with zero attached hydrogens (tertiary/aromatic N) is 1. The molecule has 0 atom stereocenters. The van der Waals surface area contributed by atoms with Crippen LogP contribution in [-0.4, -0.2) is 29.6 Å². The second-order valence-corrected chi connectivity index (χ2v) is 4.77. The van der Waals surface area contributed by atoms with Gasteiger partial charge in [-0.25, -0.2) is 4.98 Å². The van der Waals surface area contributed by atoms with E-state index in [4.69, 9.17) is 4.74 Å². The van der Waals surface area contributed by atoms with Crippen LogP contribution in [0, 0.1) is 0 Å². The van der Waals surface area contributed by atoms with Crippen molar-refractivity contribution in [2.75, 3.05) is 12.4 Å². The summed E-state index contributed by atoms with van der Waals surface area (Å²) in [6.07, 6.45) is 0. The number of fused-ring (bicyclic) bond motifs is 1. The van der Waals surface area contributed by atoms with Gasteiger partial charge in [-0.05, 0) is 24.3 Å². The van der Waals surface area contributed by atoms with E-state index < -0.39 is 12.5 Å². The van der Waals surface area contributed by atoms with Crippen LogP contribution in [0.25, 0.3) is 11.0 Å². The molecule has 0 aliphatic rings. The standard InChI is InChI=1S/C16H13F2N3O3/c1-23-12-8-4-5-9(13(12)24-15(17)18)14(22)21-16-19-10-6-2-3-7-11(10)20-16/h2-8,15H,1H3,(H2,19,20,21,22). The average Bonchev–Trinajstić information content (AvgIpc) is 2.96. The number of halogens is 2. The van der Waals surface area contributed by atoms with Gasteiger partial charge in [0.1, 0.15) is 0 Å². The normalized spacial score (nSPS) is 10.8. The minimum absolute atomic E-state index is 0.0348. The maximum atomic E-state index is 12.6. The molecule has 0 saturated heterocycles. The second-order valence-electron chi connectivity index (χ2n) is 4.77. The van der Waals surface area contributed by atoms with E-state index in [9.17, 15) is 13.6 Å². The van der Waals surface area contributed by atoms with Crippen LogP contribution in [0.5, 0.6) is 11.5 Å². The van der Waals surface area contributed by atoms with Crippen LogP contribution in [0.3, 0.4) is 0 Å². The van der Waals surface area contributed by atoms with Crippen LogP contribution < -0.4 is 14.8 Å². The zero-order valence-corrected chi connectivity index (χ0v) is 12.5. The van der Waals surface area contributed by atoms with Crippen molar-refractivity contribution in [2.24, 2.45) is 0 Å². The molecule has 3 aromatic rings. The summed E-state index contributed by atoms with van der Waals surface area (Å²) in [4.78, 5) is 19.5. The van der Waals surface area contributed by atoms with Gasteiger partial charge in [0.15, 0.2) is 11.5 Å². The van der Waals surface area contributed by atoms with Gasteiger partial charge in [0.25, 0.3) is 5.91 Å². The van der Waals surface area contributed by atoms with Crippen molar-refractivity contribution in [2.45, 2.75) is 6.61 Å². The Kier molecular flexibility index (Phi) is 4.28. The lowest BCUT2D eigenvalue weighted by molar-refractivity contribution is -0.0515. The predicted octanol–water partition coefficient (Wildman–Crippen LogP) is 3.43. The van der Waals surface area contributed by atoms with Crippen LogP contribution in [-0.2, 0) is 0 Å². The number of hydrogen-bond acceptors (Lipinski definition) is 4. The highest BCUT2D eigenvalue weighted by atomic mass is 19.3. The van der Waals surface area contributed by atoms with E-state index >= 15 is 0 Å². The molecule has 0 unspecified atom stereocenters. The molecule has 0 aliphatic heterocycles. The number of imidazole rings is 1. The summed E-state index contributed by atoms with van der Waals surface area (Å²) in [5, 5.41) is 2.53. The van der Waals surface area contributed by atoms with Gasteiger partial charge in [0.05, 0.1) is 23.7 Å². The number of aromatic nitrogens is 2. The van der Waals surface area contributed by atoms with E-state index in [1.165, 1.54) is 25.3 Å². The van der Waals surface area contributed by atoms with Gasteiger partial charge >= 0.3 is 6.61 Å². The molecule has 0 radical (unpaired) electrons. The van der Waals surface area contributed by atoms with Gasteiger partial charge in [-0.1, -0.05) is 18.2 Å². The molecule has 1 amide bonds. The van der Waals surface area contributed by atoms with Crippen molar-refractivity contribution in [1.82, 2.24) is 9.97 Å². The fourth-order valence-corrected chi connectivity index (χ4v) is 2.25. The highest BCUT2D eigenvalue weighted by molar-refractivity contribution is 6.06. The summed E-state index contributed by atoms with van der Waals surface area (Å²) < 4.78 is 34.6. The van der Waals surface area contributed by atoms with E-state index in [0.717, 1.165) is 5.52 Å². The van der Waals surface area contributed by atoms with Crippen molar-refractivity contribution in [3.05, 3.63) is 48.0 Å². The number of amides is 1. The molecule has 1 heterocycles. The number of hydrogen-bond donors (Lipinski definition) is 2. The summed E-state index contributed by atoms with van der Waals surface area (Å²) >= 11 is 0. The molecule has 8 heteroatoms. The van der Waals surface area contributed by atoms with Gasteiger partial charge in [0.2, 0.25) is 5.95 Å². The highest BCUT2D eigenvalue weighted by Gasteiger charge is 2.21. The minimum atomic E-state index is -3.08. The number of alkyl halides is 2. The van der Waals surface area contributed by atoms with Crippen LogP contribution in [0.15, 0.2) is 42.5 Å². The third-order valence-electron chi connectivity index (χ3n) is 3.27. The van der Waals surface area contributed by atoms with Crippen molar-refractivity contribution in [3.63, 3.8) is 0 Å². The van der Waals surface area contributed by atoms with E-state index in [-0.39, 0.29) is 23.0 Å². The Morgan fingerprint density at radius 3 is 2.71 bits per heavy atom. The number of H-pyrrole nitrogens is 1. The zero-order chi connectivity index (χ0) is 17.1. The van der Waals surface area contributed by atoms with Crippen LogP contribution in [0.4, 0.5) is 14.7 Å². The monoisotopic (exact) mass is 333 g/mol. The molecule has 0 saturated carbocycles. The summed E-state index contributed by atoms with van der Waals surface area (Å²) in [5.74, 6) is -0.744. The minimum Gasteiger partial charge on any atom is -0.493 e. The molecule has 124 valence electrons. The molecule has 6 nitrogen and oxygen atoms in total. The summed E-state index contributed by atoms with van der Waals surface area (Å²) in [6, 6.07) is 11.5. The molecule has 24 heavy (non-hydrogen) atoms. The van der Waals surface area contributed by atoms with Crippen molar-refractivity contribution in [1.29, 1.82) is 0 Å². The fraction of sp³-hybridized carbons (Fsp3) is 0.125. The first-order chi connectivity index (χ1) is 11.6. The van der Waals surface area contributed by atoms with E-state index in [0.29, 0.717) is 5.52 Å². The number of rotatable bonds is 5. The van der Waals surface area contributed by atoms with Crippen LogP contribution in [0.2, 0.25) is 0 Å². The van der Waals surface area contributed by atoms with Crippen molar-refractivity contribution >= 4 is 22.9 Å². The largest absolute Gasteiger partial charge is 0.493 e. The van der Waals surface area contributed by atoms with E-state index in [1.54, 1.807) is 12.1 Å². The number of ether oxygens (including phenoxy) is 2. The SMILES string of the molecule is COc1cccc(C(=O)Nc2nc3ccccc3[nH]2)c1OC(F)F. The zero-order valence-electron chi connectivity index (χ0n) is 12.5. The first-order valence-corrected chi connectivity index (χ1v) is 6.96. The van der Waals surface area contributed by atoms with Gasteiger partial charge < -0.3 is 14.5 Å². The molecular formula is C16H13F2N3O3. The average molecular weight is 333 g/mol. The third-order valence-corrected chi connectivity index (χ3v) is 3.27. The Labute approximate surface area is 135 Å². The molecule has 2 aromatic carbocycles. The number of nitrogens with one attached hydrogen (secondary N) is 2. The first kappa shape index (κ1) is 15.7. The Morgan fingerprint density at radius 1 is 1.21 bits per heavy atom. The lowest BCUT2D eigenvalue weighted by Gasteiger charge is -2.13. The van der Waals surface area contributed by atoms with Crippen LogP contribution in [0.1, 0.15) is 10.4 Å².